The molecular formula is C17H24BrFN2. The molecule has 1 saturated carbocycles. The van der Waals surface area contributed by atoms with Gasteiger partial charge in [-0.3, -0.25) is 4.90 Å². The molecule has 1 heterocycles. The molecule has 2 fully saturated rings. The molecule has 1 spiro atoms. The minimum absolute atomic E-state index is 0.0957. The summed E-state index contributed by atoms with van der Waals surface area (Å²) < 4.78 is 15.0. The van der Waals surface area contributed by atoms with Gasteiger partial charge < -0.3 is 5.32 Å². The normalized spacial score (nSPS) is 26.1. The zero-order valence-corrected chi connectivity index (χ0v) is 14.3. The average molecular weight is 355 g/mol. The minimum Gasteiger partial charge on any atom is -0.308 e. The fourth-order valence-electron chi connectivity index (χ4n) is 3.75. The van der Waals surface area contributed by atoms with Crippen LogP contribution in [0.3, 0.4) is 0 Å². The van der Waals surface area contributed by atoms with Gasteiger partial charge in [0.2, 0.25) is 0 Å². The molecule has 2 nitrogen and oxygen atoms in total. The summed E-state index contributed by atoms with van der Waals surface area (Å²) in [4.78, 5) is 2.45. The van der Waals surface area contributed by atoms with Crippen molar-refractivity contribution in [2.24, 2.45) is 0 Å². The van der Waals surface area contributed by atoms with E-state index in [1.54, 1.807) is 12.1 Å². The molecular weight excluding hydrogens is 331 g/mol. The van der Waals surface area contributed by atoms with Crippen molar-refractivity contribution in [1.29, 1.82) is 0 Å². The van der Waals surface area contributed by atoms with Gasteiger partial charge in [0, 0.05) is 41.3 Å². The molecule has 4 heteroatoms. The van der Waals surface area contributed by atoms with Gasteiger partial charge in [0.05, 0.1) is 0 Å². The number of nitrogens with one attached hydrogen (secondary N) is 1. The van der Waals surface area contributed by atoms with E-state index in [4.69, 9.17) is 0 Å². The van der Waals surface area contributed by atoms with Gasteiger partial charge in [0.25, 0.3) is 0 Å². The predicted molar refractivity (Wildman–Crippen MR) is 87.8 cm³/mol. The molecule has 116 valence electrons. The Morgan fingerprint density at radius 2 is 2.10 bits per heavy atom. The quantitative estimate of drug-likeness (QED) is 0.860. The van der Waals surface area contributed by atoms with Crippen LogP contribution in [-0.4, -0.2) is 29.6 Å². The Morgan fingerprint density at radius 1 is 1.33 bits per heavy atom. The van der Waals surface area contributed by atoms with Crippen LogP contribution in [0.4, 0.5) is 4.39 Å². The number of halogens is 2. The summed E-state index contributed by atoms with van der Waals surface area (Å²) in [6.45, 7) is 4.99. The lowest BCUT2D eigenvalue weighted by molar-refractivity contribution is 0.0565. The number of hydrogen-bond acceptors (Lipinski definition) is 2. The molecule has 1 aliphatic carbocycles. The van der Waals surface area contributed by atoms with Gasteiger partial charge in [0.15, 0.2) is 0 Å². The van der Waals surface area contributed by atoms with Gasteiger partial charge in [-0.15, -0.1) is 0 Å². The van der Waals surface area contributed by atoms with Gasteiger partial charge >= 0.3 is 0 Å². The van der Waals surface area contributed by atoms with Crippen LogP contribution in [0, 0.1) is 5.82 Å². The summed E-state index contributed by atoms with van der Waals surface area (Å²) >= 11 is 3.45. The van der Waals surface area contributed by atoms with Crippen LogP contribution in [0.5, 0.6) is 0 Å². The molecule has 1 aliphatic heterocycles. The largest absolute Gasteiger partial charge is 0.308 e. The third-order valence-corrected chi connectivity index (χ3v) is 5.59. The van der Waals surface area contributed by atoms with Gasteiger partial charge in [-0.25, -0.2) is 4.39 Å². The van der Waals surface area contributed by atoms with Crippen molar-refractivity contribution in [3.63, 3.8) is 0 Å². The van der Waals surface area contributed by atoms with E-state index in [0.717, 1.165) is 23.1 Å². The number of benzene rings is 1. The molecule has 1 N–H and O–H groups in total. The van der Waals surface area contributed by atoms with Gasteiger partial charge in [-0.1, -0.05) is 35.2 Å². The van der Waals surface area contributed by atoms with Crippen LogP contribution in [0.1, 0.15) is 44.6 Å². The molecule has 1 aromatic rings. The number of piperazine rings is 1. The van der Waals surface area contributed by atoms with Crippen molar-refractivity contribution in [2.75, 3.05) is 13.1 Å². The highest BCUT2D eigenvalue weighted by molar-refractivity contribution is 9.10. The lowest BCUT2D eigenvalue weighted by atomic mass is 9.79. The Balaban J connectivity index is 1.75. The van der Waals surface area contributed by atoms with Crippen molar-refractivity contribution >= 4 is 15.9 Å². The first-order valence-corrected chi connectivity index (χ1v) is 8.80. The van der Waals surface area contributed by atoms with Crippen molar-refractivity contribution in [3.8, 4) is 0 Å². The Hall–Kier alpha value is -0.450. The minimum atomic E-state index is -0.0957. The summed E-state index contributed by atoms with van der Waals surface area (Å²) in [5.74, 6) is -0.0957. The summed E-state index contributed by atoms with van der Waals surface area (Å²) in [6.07, 6.45) is 6.52. The Kier molecular flexibility index (Phi) is 4.67. The predicted octanol–water partition coefficient (Wildman–Crippen LogP) is 4.08. The van der Waals surface area contributed by atoms with Crippen LogP contribution in [0.2, 0.25) is 0 Å². The fraction of sp³-hybridized carbons (Fsp3) is 0.647. The SMILES string of the molecule is CC1CNC2(CCCCC2)CN1Cc1cc(Br)ccc1F. The van der Waals surface area contributed by atoms with Gasteiger partial charge in [-0.05, 0) is 38.0 Å². The summed E-state index contributed by atoms with van der Waals surface area (Å²) in [7, 11) is 0. The van der Waals surface area contributed by atoms with Crippen molar-refractivity contribution in [2.45, 2.75) is 57.2 Å². The smallest absolute Gasteiger partial charge is 0.127 e. The molecule has 0 amide bonds. The lowest BCUT2D eigenvalue weighted by Gasteiger charge is -2.49. The molecule has 0 radical (unpaired) electrons. The van der Waals surface area contributed by atoms with Crippen LogP contribution in [0.15, 0.2) is 22.7 Å². The van der Waals surface area contributed by atoms with E-state index in [1.807, 2.05) is 6.07 Å². The molecule has 1 saturated heterocycles. The molecule has 0 aromatic heterocycles. The third-order valence-electron chi connectivity index (χ3n) is 5.09. The summed E-state index contributed by atoms with van der Waals surface area (Å²) in [5, 5.41) is 3.78. The lowest BCUT2D eigenvalue weighted by Crippen LogP contribution is -2.63. The van der Waals surface area contributed by atoms with E-state index >= 15 is 0 Å². The Bertz CT molecular complexity index is 500. The van der Waals surface area contributed by atoms with E-state index in [1.165, 1.54) is 32.1 Å². The monoisotopic (exact) mass is 354 g/mol. The molecule has 0 bridgehead atoms. The standard InChI is InChI=1S/C17H24BrFN2/c1-13-10-20-17(7-3-2-4-8-17)12-21(13)11-14-9-15(18)5-6-16(14)19/h5-6,9,13,20H,2-4,7-8,10-12H2,1H3. The molecule has 1 atom stereocenters. The van der Waals surface area contributed by atoms with E-state index < -0.39 is 0 Å². The first-order chi connectivity index (χ1) is 10.1. The maximum atomic E-state index is 14.0. The van der Waals surface area contributed by atoms with Gasteiger partial charge in [0.1, 0.15) is 5.82 Å². The van der Waals surface area contributed by atoms with Crippen LogP contribution < -0.4 is 5.32 Å². The Labute approximate surface area is 135 Å². The van der Waals surface area contributed by atoms with Crippen LogP contribution in [0.25, 0.3) is 0 Å². The zero-order chi connectivity index (χ0) is 14.9. The van der Waals surface area contributed by atoms with Crippen molar-refractivity contribution < 1.29 is 4.39 Å². The first kappa shape index (κ1) is 15.4. The summed E-state index contributed by atoms with van der Waals surface area (Å²) in [5.41, 5.74) is 1.07. The second kappa shape index (κ2) is 6.35. The maximum Gasteiger partial charge on any atom is 0.127 e. The van der Waals surface area contributed by atoms with E-state index in [-0.39, 0.29) is 11.4 Å². The van der Waals surface area contributed by atoms with E-state index in [2.05, 4.69) is 33.1 Å². The zero-order valence-electron chi connectivity index (χ0n) is 12.7. The fourth-order valence-corrected chi connectivity index (χ4v) is 4.16. The van der Waals surface area contributed by atoms with Crippen molar-refractivity contribution in [1.82, 2.24) is 10.2 Å². The first-order valence-electron chi connectivity index (χ1n) is 8.01. The number of rotatable bonds is 2. The number of hydrogen-bond donors (Lipinski definition) is 1. The second-order valence-corrected chi connectivity index (χ2v) is 7.63. The van der Waals surface area contributed by atoms with Crippen molar-refractivity contribution in [3.05, 3.63) is 34.1 Å². The maximum absolute atomic E-state index is 14.0. The number of nitrogens with zero attached hydrogens (tertiary/aromatic N) is 1. The van der Waals surface area contributed by atoms with Crippen LogP contribution in [-0.2, 0) is 6.54 Å². The topological polar surface area (TPSA) is 15.3 Å². The molecule has 2 aliphatic rings. The van der Waals surface area contributed by atoms with Crippen LogP contribution >= 0.6 is 15.9 Å². The molecule has 1 aromatic carbocycles. The van der Waals surface area contributed by atoms with E-state index in [0.29, 0.717) is 12.6 Å². The average Bonchev–Trinajstić information content (AvgIpc) is 2.48. The second-order valence-electron chi connectivity index (χ2n) is 6.71. The third kappa shape index (κ3) is 3.49. The molecule has 3 rings (SSSR count). The Morgan fingerprint density at radius 3 is 2.86 bits per heavy atom. The van der Waals surface area contributed by atoms with E-state index in [9.17, 15) is 4.39 Å². The highest BCUT2D eigenvalue weighted by Crippen LogP contribution is 2.32. The molecule has 21 heavy (non-hydrogen) atoms. The summed E-state index contributed by atoms with van der Waals surface area (Å²) in [6, 6.07) is 5.69. The van der Waals surface area contributed by atoms with Gasteiger partial charge in [-0.2, -0.15) is 0 Å². The highest BCUT2D eigenvalue weighted by atomic mass is 79.9. The molecule has 1 unspecified atom stereocenters. The highest BCUT2D eigenvalue weighted by Gasteiger charge is 2.38.